The second-order valence-corrected chi connectivity index (χ2v) is 19.3. The smallest absolute Gasteiger partial charge is 0.344 e. The molecule has 5 heterocycles. The Morgan fingerprint density at radius 3 is 2.40 bits per heavy atom. The quantitative estimate of drug-likeness (QED) is 0.104. The molecule has 0 amide bonds. The van der Waals surface area contributed by atoms with Crippen molar-refractivity contribution in [3.05, 3.63) is 64.9 Å². The maximum absolute atomic E-state index is 15.5. The first kappa shape index (κ1) is 45.4. The van der Waals surface area contributed by atoms with Crippen molar-refractivity contribution in [3.63, 3.8) is 0 Å². The number of aromatic amines is 1. The van der Waals surface area contributed by atoms with E-state index in [0.717, 1.165) is 33.8 Å². The average Bonchev–Trinajstić information content (AvgIpc) is 3.91. The van der Waals surface area contributed by atoms with Gasteiger partial charge >= 0.3 is 17.9 Å². The van der Waals surface area contributed by atoms with Gasteiger partial charge in [-0.1, -0.05) is 32.4 Å². The Balaban J connectivity index is 1.46. The van der Waals surface area contributed by atoms with E-state index in [2.05, 4.69) is 20.9 Å². The molecule has 1 spiro atoms. The number of halogens is 2. The van der Waals surface area contributed by atoms with Crippen LogP contribution in [-0.4, -0.2) is 135 Å². The molecule has 5 aliphatic rings. The Bertz CT molecular complexity index is 2330. The van der Waals surface area contributed by atoms with Crippen LogP contribution in [0, 0.1) is 11.3 Å². The first-order chi connectivity index (χ1) is 30.0. The molecule has 342 valence electrons. The molecule has 63 heavy (non-hydrogen) atoms. The Morgan fingerprint density at radius 1 is 1.02 bits per heavy atom. The maximum atomic E-state index is 15.5. The lowest BCUT2D eigenvalue weighted by atomic mass is 9.47. The number of ether oxygens (including phenoxy) is 4. The average molecular weight is 893 g/mol. The molecule has 1 saturated heterocycles. The molecule has 15 heteroatoms. The zero-order valence-corrected chi connectivity index (χ0v) is 38.8. The summed E-state index contributed by atoms with van der Waals surface area (Å²) in [5.74, 6) is -5.69. The number of alkyl halides is 2. The van der Waals surface area contributed by atoms with Gasteiger partial charge in [0.05, 0.1) is 27.4 Å². The maximum Gasteiger partial charge on any atom is 0.344 e. The van der Waals surface area contributed by atoms with E-state index in [1.54, 1.807) is 11.8 Å². The zero-order chi connectivity index (χ0) is 45.4. The summed E-state index contributed by atoms with van der Waals surface area (Å²) in [6.07, 6.45) is 6.66. The van der Waals surface area contributed by atoms with Gasteiger partial charge in [0.25, 0.3) is 0 Å². The molecular weight excluding hydrogens is 831 g/mol. The molecule has 2 fully saturated rings. The van der Waals surface area contributed by atoms with Crippen molar-refractivity contribution in [2.75, 3.05) is 72.3 Å². The molecule has 3 aromatic rings. The first-order valence-electron chi connectivity index (χ1n) is 22.2. The molecule has 12 nitrogen and oxygen atoms in total. The number of rotatable bonds is 9. The fourth-order valence-corrected chi connectivity index (χ4v) is 13.5. The topological polar surface area (TPSA) is 134 Å². The number of nitrogens with zero attached hydrogens (tertiary/aromatic N) is 3. The Kier molecular flexibility index (Phi) is 11.8. The number of benzene rings is 2. The van der Waals surface area contributed by atoms with Crippen LogP contribution in [0.1, 0.15) is 82.2 Å². The summed E-state index contributed by atoms with van der Waals surface area (Å²) in [4.78, 5) is 53.9. The molecule has 2 aromatic carbocycles. The predicted molar refractivity (Wildman–Crippen MR) is 238 cm³/mol. The molecule has 1 aromatic heterocycles. The van der Waals surface area contributed by atoms with E-state index >= 15 is 13.6 Å². The van der Waals surface area contributed by atoms with Gasteiger partial charge < -0.3 is 38.8 Å². The number of carbonyl (C=O) groups is 3. The van der Waals surface area contributed by atoms with Crippen molar-refractivity contribution >= 4 is 46.3 Å². The number of hydrogen-bond acceptors (Lipinski definition) is 12. The highest BCUT2D eigenvalue weighted by Crippen LogP contribution is 2.68. The van der Waals surface area contributed by atoms with Crippen LogP contribution < -0.4 is 9.64 Å². The van der Waals surface area contributed by atoms with E-state index in [1.807, 2.05) is 68.5 Å². The van der Waals surface area contributed by atoms with Crippen LogP contribution in [0.25, 0.3) is 10.9 Å². The lowest BCUT2D eigenvalue weighted by Gasteiger charge is -2.63. The number of thioether (sulfide) groups is 1. The molecule has 1 aliphatic carbocycles. The monoisotopic (exact) mass is 892 g/mol. The predicted octanol–water partition coefficient (Wildman–Crippen LogP) is 6.62. The van der Waals surface area contributed by atoms with E-state index in [4.69, 9.17) is 18.9 Å². The lowest BCUT2D eigenvalue weighted by molar-refractivity contribution is -0.228. The number of nitrogens with one attached hydrogen (secondary N) is 1. The van der Waals surface area contributed by atoms with Crippen molar-refractivity contribution in [2.45, 2.75) is 112 Å². The van der Waals surface area contributed by atoms with Crippen LogP contribution in [0.5, 0.6) is 5.75 Å². The zero-order valence-electron chi connectivity index (χ0n) is 37.9. The number of anilines is 1. The fraction of sp³-hybridized carbons (Fsp3) is 0.604. The van der Waals surface area contributed by atoms with Crippen LogP contribution >= 0.6 is 11.8 Å². The van der Waals surface area contributed by atoms with E-state index in [1.165, 1.54) is 28.3 Å². The minimum atomic E-state index is -2.97. The van der Waals surface area contributed by atoms with Gasteiger partial charge in [-0.15, -0.1) is 11.8 Å². The molecule has 8 atom stereocenters. The number of aromatic nitrogens is 1. The molecular formula is C48H62F2N4O8S. The summed E-state index contributed by atoms with van der Waals surface area (Å²) in [6, 6.07) is 8.72. The highest BCUT2D eigenvalue weighted by atomic mass is 32.2. The molecule has 2 N–H and O–H groups in total. The van der Waals surface area contributed by atoms with Crippen molar-refractivity contribution in [2.24, 2.45) is 11.3 Å². The third-order valence-electron chi connectivity index (χ3n) is 15.7. The van der Waals surface area contributed by atoms with Gasteiger partial charge in [-0.05, 0) is 93.8 Å². The molecule has 4 aliphatic heterocycles. The molecule has 1 unspecified atom stereocenters. The van der Waals surface area contributed by atoms with Gasteiger partial charge in [0.2, 0.25) is 11.5 Å². The van der Waals surface area contributed by atoms with E-state index in [-0.39, 0.29) is 31.8 Å². The minimum Gasteiger partial charge on any atom is -0.496 e. The summed E-state index contributed by atoms with van der Waals surface area (Å²) in [7, 11) is 5.95. The number of hydrogen-bond donors (Lipinski definition) is 2. The number of likely N-dealkylation sites (N-methyl/N-ethyl adjacent to an activating group) is 2. The van der Waals surface area contributed by atoms with Gasteiger partial charge in [0.1, 0.15) is 11.2 Å². The number of carbonyl (C=O) groups excluding carboxylic acids is 3. The van der Waals surface area contributed by atoms with Crippen molar-refractivity contribution in [1.82, 2.24) is 14.8 Å². The number of methoxy groups -OCH3 is 3. The normalized spacial score (nSPS) is 32.0. The van der Waals surface area contributed by atoms with Gasteiger partial charge in [-0.25, -0.2) is 13.6 Å². The lowest BCUT2D eigenvalue weighted by Crippen LogP contribution is -2.81. The summed E-state index contributed by atoms with van der Waals surface area (Å²) >= 11 is 1.61. The second kappa shape index (κ2) is 16.4. The van der Waals surface area contributed by atoms with E-state index < -0.39 is 63.7 Å². The van der Waals surface area contributed by atoms with Gasteiger partial charge in [0, 0.05) is 95.2 Å². The SMILES string of the molecule is CCN1CCc2c([nH]c3ccc(SC)cc23)[C@@](C(=O)OC)(c2cc3c(cc2OC)N(C)[C@H]2[C@@](O)(C(=O)OC)[C@H](OC(C)=O)[C@]4(CC)C=CCN5CC[C@]32[C@@H]54)CCCC(C(C)(F)F)C1. The molecule has 8 rings (SSSR count). The molecule has 0 radical (unpaired) electrons. The van der Waals surface area contributed by atoms with Crippen LogP contribution in [0.15, 0.2) is 47.4 Å². The van der Waals surface area contributed by atoms with Gasteiger partial charge in [-0.3, -0.25) is 14.5 Å². The summed E-state index contributed by atoms with van der Waals surface area (Å²) < 4.78 is 54.9. The van der Waals surface area contributed by atoms with Gasteiger partial charge in [-0.2, -0.15) is 0 Å². The van der Waals surface area contributed by atoms with E-state index in [0.29, 0.717) is 68.1 Å². The number of esters is 3. The first-order valence-corrected chi connectivity index (χ1v) is 23.4. The molecule has 1 saturated carbocycles. The number of aliphatic hydroxyl groups is 1. The highest BCUT2D eigenvalue weighted by molar-refractivity contribution is 7.98. The fourth-order valence-electron chi connectivity index (χ4n) is 13.0. The summed E-state index contributed by atoms with van der Waals surface area (Å²) in [6.45, 7) is 8.73. The van der Waals surface area contributed by atoms with Crippen LogP contribution in [-0.2, 0) is 45.8 Å². The summed E-state index contributed by atoms with van der Waals surface area (Å²) in [5, 5.41) is 14.3. The largest absolute Gasteiger partial charge is 0.496 e. The third-order valence-corrected chi connectivity index (χ3v) is 16.4. The standard InChI is InChI=1S/C48H62F2N4O8S/c1-10-45-18-13-21-54-23-20-47(39(45)54)33-25-34(37(59-6)26-36(33)52(5)40(47)48(58,43(57)61-8)41(45)62-28(3)55)46(42(56)60-7)19-12-14-29(44(4,49)50)27-53(11-2)22-17-31-32-24-30(63-9)15-16-35(32)51-38(31)46/h13,15-16,18,24-26,29,39-41,51,58H,10-12,14,17,19-23,27H2,1-9H3/t29?,39-,40+,41+,45+,46-,47+,48-/m0/s1. The van der Waals surface area contributed by atoms with Crippen molar-refractivity contribution < 1.29 is 47.2 Å². The number of fused-ring (bicyclic) bond motifs is 4. The second-order valence-electron chi connectivity index (χ2n) is 18.4. The Hall–Kier alpha value is -4.18. The highest BCUT2D eigenvalue weighted by Gasteiger charge is 2.80. The van der Waals surface area contributed by atoms with Crippen molar-refractivity contribution in [3.8, 4) is 5.75 Å². The minimum absolute atomic E-state index is 0.118. The van der Waals surface area contributed by atoms with Crippen LogP contribution in [0.3, 0.4) is 0 Å². The van der Waals surface area contributed by atoms with E-state index in [9.17, 15) is 14.7 Å². The van der Waals surface area contributed by atoms with Gasteiger partial charge in [0.15, 0.2) is 6.10 Å². The Labute approximate surface area is 373 Å². The number of H-pyrrole nitrogens is 1. The van der Waals surface area contributed by atoms with Crippen molar-refractivity contribution in [1.29, 1.82) is 0 Å². The third kappa shape index (κ3) is 6.47. The van der Waals surface area contributed by atoms with Crippen LogP contribution in [0.2, 0.25) is 0 Å². The van der Waals surface area contributed by atoms with Crippen LogP contribution in [0.4, 0.5) is 14.5 Å². The molecule has 0 bridgehead atoms. The Morgan fingerprint density at radius 2 is 1.76 bits per heavy atom. The summed E-state index contributed by atoms with van der Waals surface area (Å²) in [5.41, 5.74) is -1.64.